The number of carbonyl (C=O) groups is 2. The quantitative estimate of drug-likeness (QED) is 0.626. The van der Waals surface area contributed by atoms with Crippen molar-refractivity contribution < 1.29 is 14.1 Å². The van der Waals surface area contributed by atoms with Gasteiger partial charge in [-0.3, -0.25) is 9.59 Å². The van der Waals surface area contributed by atoms with Gasteiger partial charge in [-0.2, -0.15) is 4.98 Å². The highest BCUT2D eigenvalue weighted by Crippen LogP contribution is 2.34. The van der Waals surface area contributed by atoms with Crippen molar-refractivity contribution in [2.24, 2.45) is 0 Å². The summed E-state index contributed by atoms with van der Waals surface area (Å²) in [5.74, 6) is 0.922. The maximum atomic E-state index is 12.0. The van der Waals surface area contributed by atoms with Gasteiger partial charge in [-0.1, -0.05) is 30.8 Å². The second-order valence-corrected chi connectivity index (χ2v) is 7.45. The topological polar surface area (TPSA) is 109 Å². The summed E-state index contributed by atoms with van der Waals surface area (Å²) in [5.41, 5.74) is -0.540. The lowest BCUT2D eigenvalue weighted by Gasteiger charge is -2.30. The van der Waals surface area contributed by atoms with E-state index in [4.69, 9.17) is 4.52 Å². The largest absolute Gasteiger partial charge is 0.352 e. The average Bonchev–Trinajstić information content (AvgIpc) is 3.22. The molecular formula is C18H30ClN5O3. The minimum Gasteiger partial charge on any atom is -0.352 e. The van der Waals surface area contributed by atoms with Gasteiger partial charge in [0.05, 0.1) is 0 Å². The van der Waals surface area contributed by atoms with Gasteiger partial charge >= 0.3 is 0 Å². The Morgan fingerprint density at radius 2 is 2.00 bits per heavy atom. The highest BCUT2D eigenvalue weighted by Gasteiger charge is 2.38. The Labute approximate surface area is 166 Å². The smallest absolute Gasteiger partial charge is 0.227 e. The number of hydrogen-bond acceptors (Lipinski definition) is 6. The van der Waals surface area contributed by atoms with Crippen LogP contribution in [-0.2, 0) is 21.5 Å². The molecule has 9 heteroatoms. The summed E-state index contributed by atoms with van der Waals surface area (Å²) >= 11 is 0. The number of rotatable bonds is 6. The van der Waals surface area contributed by atoms with Crippen molar-refractivity contribution in [1.29, 1.82) is 0 Å². The molecule has 1 aliphatic carbocycles. The zero-order chi connectivity index (χ0) is 18.4. The van der Waals surface area contributed by atoms with Crippen molar-refractivity contribution >= 4 is 24.2 Å². The molecule has 1 aliphatic heterocycles. The van der Waals surface area contributed by atoms with E-state index < -0.39 is 5.54 Å². The van der Waals surface area contributed by atoms with Crippen LogP contribution < -0.4 is 16.0 Å². The van der Waals surface area contributed by atoms with Gasteiger partial charge in [-0.15, -0.1) is 12.4 Å². The second-order valence-electron chi connectivity index (χ2n) is 7.45. The molecule has 0 spiro atoms. The number of amides is 2. The summed E-state index contributed by atoms with van der Waals surface area (Å²) in [6, 6.07) is 0.217. The normalized spacial score (nSPS) is 21.7. The molecule has 2 aliphatic rings. The molecule has 1 unspecified atom stereocenters. The van der Waals surface area contributed by atoms with Gasteiger partial charge in [0.1, 0.15) is 5.54 Å². The van der Waals surface area contributed by atoms with Gasteiger partial charge in [0, 0.05) is 32.4 Å². The van der Waals surface area contributed by atoms with Gasteiger partial charge in [0.25, 0.3) is 0 Å². The van der Waals surface area contributed by atoms with Crippen LogP contribution in [0.4, 0.5) is 0 Å². The molecule has 1 saturated carbocycles. The van der Waals surface area contributed by atoms with E-state index in [0.29, 0.717) is 24.6 Å². The van der Waals surface area contributed by atoms with Crippen LogP contribution in [0.2, 0.25) is 0 Å². The predicted octanol–water partition coefficient (Wildman–Crippen LogP) is 1.59. The van der Waals surface area contributed by atoms with E-state index in [1.807, 2.05) is 0 Å². The Hall–Kier alpha value is -1.67. The minimum absolute atomic E-state index is 0. The maximum absolute atomic E-state index is 12.0. The number of aromatic nitrogens is 2. The molecule has 2 heterocycles. The number of carbonyl (C=O) groups excluding carboxylic acids is 2. The van der Waals surface area contributed by atoms with Crippen LogP contribution in [0.5, 0.6) is 0 Å². The third-order valence-electron chi connectivity index (χ3n) is 5.26. The number of aryl methyl sites for hydroxylation is 1. The Morgan fingerprint density at radius 1 is 1.26 bits per heavy atom. The molecule has 2 fully saturated rings. The molecule has 8 nitrogen and oxygen atoms in total. The van der Waals surface area contributed by atoms with Crippen molar-refractivity contribution in [3.05, 3.63) is 11.7 Å². The van der Waals surface area contributed by atoms with Crippen LogP contribution in [0.1, 0.15) is 70.0 Å². The van der Waals surface area contributed by atoms with Crippen molar-refractivity contribution in [3.8, 4) is 0 Å². The van der Waals surface area contributed by atoms with Gasteiger partial charge in [-0.05, 0) is 25.8 Å². The zero-order valence-corrected chi connectivity index (χ0v) is 16.7. The fourth-order valence-corrected chi connectivity index (χ4v) is 3.92. The lowest BCUT2D eigenvalue weighted by atomic mass is 9.89. The van der Waals surface area contributed by atoms with Crippen LogP contribution in [-0.4, -0.2) is 41.1 Å². The van der Waals surface area contributed by atoms with E-state index in [1.165, 1.54) is 6.92 Å². The number of halogens is 1. The zero-order valence-electron chi connectivity index (χ0n) is 15.9. The Bertz CT molecular complexity index is 622. The first-order chi connectivity index (χ1) is 12.6. The molecule has 1 saturated heterocycles. The van der Waals surface area contributed by atoms with Crippen LogP contribution in [0.3, 0.4) is 0 Å². The molecule has 0 radical (unpaired) electrons. The predicted molar refractivity (Wildman–Crippen MR) is 102 cm³/mol. The summed E-state index contributed by atoms with van der Waals surface area (Å²) < 4.78 is 5.38. The number of hydrogen-bond donors (Lipinski definition) is 3. The van der Waals surface area contributed by atoms with E-state index in [0.717, 1.165) is 58.0 Å². The number of nitrogens with one attached hydrogen (secondary N) is 3. The first kappa shape index (κ1) is 21.6. The van der Waals surface area contributed by atoms with Crippen LogP contribution in [0.15, 0.2) is 4.52 Å². The fourth-order valence-electron chi connectivity index (χ4n) is 3.92. The van der Waals surface area contributed by atoms with E-state index in [9.17, 15) is 9.59 Å². The van der Waals surface area contributed by atoms with E-state index >= 15 is 0 Å². The Kier molecular flexibility index (Phi) is 8.04. The molecule has 152 valence electrons. The van der Waals surface area contributed by atoms with E-state index in [1.54, 1.807) is 0 Å². The molecule has 3 rings (SSSR count). The number of nitrogens with zero attached hydrogens (tertiary/aromatic N) is 2. The van der Waals surface area contributed by atoms with Crippen LogP contribution in [0.25, 0.3) is 0 Å². The highest BCUT2D eigenvalue weighted by atomic mass is 35.5. The summed E-state index contributed by atoms with van der Waals surface area (Å²) in [6.45, 7) is 3.30. The van der Waals surface area contributed by atoms with Crippen LogP contribution in [0, 0.1) is 0 Å². The molecule has 1 aromatic heterocycles. The standard InChI is InChI=1S/C18H29N5O3.ClH/c1-13(24)22-18(9-4-2-3-5-10-18)17-21-16(26-23-17)7-6-15(25)20-14-8-11-19-12-14;/h14,19H,2-12H2,1H3,(H,20,25)(H,22,24);1H. The lowest BCUT2D eigenvalue weighted by Crippen LogP contribution is -2.45. The first-order valence-electron chi connectivity index (χ1n) is 9.69. The summed E-state index contributed by atoms with van der Waals surface area (Å²) in [7, 11) is 0. The highest BCUT2D eigenvalue weighted by molar-refractivity contribution is 5.85. The molecule has 0 bridgehead atoms. The second kappa shape index (κ2) is 10.0. The fraction of sp³-hybridized carbons (Fsp3) is 0.778. The van der Waals surface area contributed by atoms with Crippen molar-refractivity contribution in [1.82, 2.24) is 26.1 Å². The van der Waals surface area contributed by atoms with Gasteiger partial charge in [-0.25, -0.2) is 0 Å². The van der Waals surface area contributed by atoms with Crippen LogP contribution >= 0.6 is 12.4 Å². The molecule has 1 atom stereocenters. The monoisotopic (exact) mass is 399 g/mol. The molecule has 3 N–H and O–H groups in total. The third-order valence-corrected chi connectivity index (χ3v) is 5.26. The van der Waals surface area contributed by atoms with Gasteiger partial charge < -0.3 is 20.5 Å². The molecule has 0 aromatic carbocycles. The molecule has 27 heavy (non-hydrogen) atoms. The average molecular weight is 400 g/mol. The lowest BCUT2D eigenvalue weighted by molar-refractivity contribution is -0.122. The van der Waals surface area contributed by atoms with Crippen molar-refractivity contribution in [3.63, 3.8) is 0 Å². The summed E-state index contributed by atoms with van der Waals surface area (Å²) in [5, 5.41) is 13.5. The summed E-state index contributed by atoms with van der Waals surface area (Å²) in [6.07, 6.45) is 7.71. The first-order valence-corrected chi connectivity index (χ1v) is 9.69. The molecule has 1 aromatic rings. The molecule has 2 amide bonds. The maximum Gasteiger partial charge on any atom is 0.227 e. The molecular weight excluding hydrogens is 370 g/mol. The SMILES string of the molecule is CC(=O)NC1(c2noc(CCC(=O)NC3CCNC3)n2)CCCCCC1.Cl. The van der Waals surface area contributed by atoms with Gasteiger partial charge in [0.2, 0.25) is 17.7 Å². The van der Waals surface area contributed by atoms with E-state index in [-0.39, 0.29) is 30.3 Å². The summed E-state index contributed by atoms with van der Waals surface area (Å²) in [4.78, 5) is 28.3. The minimum atomic E-state index is -0.540. The Morgan fingerprint density at radius 3 is 2.63 bits per heavy atom. The van der Waals surface area contributed by atoms with Crippen molar-refractivity contribution in [2.75, 3.05) is 13.1 Å². The third kappa shape index (κ3) is 5.90. The van der Waals surface area contributed by atoms with Gasteiger partial charge in [0.15, 0.2) is 5.82 Å². The Balaban J connectivity index is 0.00000261. The van der Waals surface area contributed by atoms with E-state index in [2.05, 4.69) is 26.1 Å². The van der Waals surface area contributed by atoms with Crippen molar-refractivity contribution in [2.45, 2.75) is 76.3 Å².